The van der Waals surface area contributed by atoms with Gasteiger partial charge in [0.2, 0.25) is 12.0 Å². The Morgan fingerprint density at radius 1 is 0.969 bits per heavy atom. The minimum Gasteiger partial charge on any atom is -0.497 e. The summed E-state index contributed by atoms with van der Waals surface area (Å²) in [6.45, 7) is 1.75. The van der Waals surface area contributed by atoms with E-state index in [-0.39, 0.29) is 11.4 Å². The van der Waals surface area contributed by atoms with Crippen LogP contribution in [0.2, 0.25) is 0 Å². The number of fused-ring (bicyclic) bond motifs is 2. The number of rotatable bonds is 4. The van der Waals surface area contributed by atoms with Crippen molar-refractivity contribution in [1.29, 1.82) is 0 Å². The molecule has 5 rings (SSSR count). The third-order valence-corrected chi connectivity index (χ3v) is 5.69. The summed E-state index contributed by atoms with van der Waals surface area (Å²) in [7, 11) is 2.97. The Morgan fingerprint density at radius 3 is 2.41 bits per heavy atom. The molecule has 2 aliphatic heterocycles. The SMILES string of the molecule is COc1ccc(C2=NOC3C(=O)N(c4cc5c(C)cc(=O)oc5cc4OC)C(=O)C23)cc1. The molecule has 2 aliphatic rings. The summed E-state index contributed by atoms with van der Waals surface area (Å²) in [5.74, 6) is -1.02. The highest BCUT2D eigenvalue weighted by Crippen LogP contribution is 2.41. The highest BCUT2D eigenvalue weighted by molar-refractivity contribution is 6.33. The fourth-order valence-corrected chi connectivity index (χ4v) is 4.09. The number of benzene rings is 2. The van der Waals surface area contributed by atoms with Crippen molar-refractivity contribution in [3.63, 3.8) is 0 Å². The molecule has 0 radical (unpaired) electrons. The quantitative estimate of drug-likeness (QED) is 0.458. The van der Waals surface area contributed by atoms with Crippen molar-refractivity contribution >= 4 is 34.2 Å². The number of amides is 2. The molecule has 0 spiro atoms. The van der Waals surface area contributed by atoms with E-state index in [9.17, 15) is 14.4 Å². The Bertz CT molecular complexity index is 1360. The fraction of sp³-hybridized carbons (Fsp3) is 0.217. The monoisotopic (exact) mass is 434 g/mol. The van der Waals surface area contributed by atoms with Crippen molar-refractivity contribution in [2.45, 2.75) is 13.0 Å². The van der Waals surface area contributed by atoms with Gasteiger partial charge in [-0.2, -0.15) is 0 Å². The zero-order valence-corrected chi connectivity index (χ0v) is 17.4. The van der Waals surface area contributed by atoms with E-state index in [0.29, 0.717) is 33.6 Å². The zero-order valence-electron chi connectivity index (χ0n) is 17.4. The Labute approximate surface area is 181 Å². The Hall–Kier alpha value is -4.14. The molecule has 3 heterocycles. The van der Waals surface area contributed by atoms with Gasteiger partial charge in [0, 0.05) is 23.1 Å². The standard InChI is InChI=1S/C23H18N2O7/c1-11-8-18(26)31-16-10-17(30-3)15(9-14(11)16)25-22(27)19-20(24-32-21(19)23(25)28)12-4-6-13(29-2)7-5-12/h4-10,19,21H,1-3H3. The Morgan fingerprint density at radius 2 is 1.72 bits per heavy atom. The molecule has 1 saturated heterocycles. The van der Waals surface area contributed by atoms with Crippen molar-refractivity contribution in [1.82, 2.24) is 0 Å². The molecule has 3 aromatic rings. The zero-order chi connectivity index (χ0) is 22.6. The van der Waals surface area contributed by atoms with Gasteiger partial charge in [0.05, 0.1) is 19.9 Å². The molecule has 9 nitrogen and oxygen atoms in total. The van der Waals surface area contributed by atoms with Crippen LogP contribution in [0.25, 0.3) is 11.0 Å². The number of aryl methyl sites for hydroxylation is 1. The van der Waals surface area contributed by atoms with E-state index in [4.69, 9.17) is 18.7 Å². The summed E-state index contributed by atoms with van der Waals surface area (Å²) in [5, 5.41) is 4.60. The lowest BCUT2D eigenvalue weighted by Gasteiger charge is -2.19. The molecular weight excluding hydrogens is 416 g/mol. The average Bonchev–Trinajstić information content (AvgIpc) is 3.33. The smallest absolute Gasteiger partial charge is 0.336 e. The molecule has 2 atom stereocenters. The summed E-state index contributed by atoms with van der Waals surface area (Å²) in [6, 6.07) is 11.4. The molecule has 32 heavy (non-hydrogen) atoms. The van der Waals surface area contributed by atoms with Crippen LogP contribution in [0.5, 0.6) is 11.5 Å². The van der Waals surface area contributed by atoms with Crippen molar-refractivity contribution < 1.29 is 28.3 Å². The average molecular weight is 434 g/mol. The van der Waals surface area contributed by atoms with Gasteiger partial charge in [0.1, 0.15) is 28.7 Å². The van der Waals surface area contributed by atoms with Gasteiger partial charge in [-0.3, -0.25) is 9.59 Å². The second kappa shape index (κ2) is 7.23. The largest absolute Gasteiger partial charge is 0.497 e. The van der Waals surface area contributed by atoms with E-state index in [1.807, 2.05) is 0 Å². The van der Waals surface area contributed by atoms with E-state index < -0.39 is 29.5 Å². The van der Waals surface area contributed by atoms with Gasteiger partial charge in [-0.1, -0.05) is 5.16 Å². The summed E-state index contributed by atoms with van der Waals surface area (Å²) >= 11 is 0. The molecule has 2 amide bonds. The van der Waals surface area contributed by atoms with Crippen LogP contribution in [-0.2, 0) is 14.4 Å². The van der Waals surface area contributed by atoms with E-state index in [0.717, 1.165) is 4.90 Å². The van der Waals surface area contributed by atoms with Gasteiger partial charge in [0.25, 0.3) is 5.91 Å². The van der Waals surface area contributed by atoms with Crippen LogP contribution < -0.4 is 20.0 Å². The number of hydrogen-bond donors (Lipinski definition) is 0. The highest BCUT2D eigenvalue weighted by atomic mass is 16.7. The van der Waals surface area contributed by atoms with E-state index >= 15 is 0 Å². The molecule has 162 valence electrons. The van der Waals surface area contributed by atoms with Crippen LogP contribution in [0.3, 0.4) is 0 Å². The first kappa shape index (κ1) is 19.8. The number of oxime groups is 1. The minimum absolute atomic E-state index is 0.218. The molecule has 9 heteroatoms. The maximum atomic E-state index is 13.4. The summed E-state index contributed by atoms with van der Waals surface area (Å²) in [4.78, 5) is 44.8. The first-order valence-corrected chi connectivity index (χ1v) is 9.81. The van der Waals surface area contributed by atoms with Gasteiger partial charge in [-0.05, 0) is 42.8 Å². The molecule has 0 bridgehead atoms. The molecule has 2 unspecified atom stereocenters. The Kier molecular flexibility index (Phi) is 4.47. The van der Waals surface area contributed by atoms with Gasteiger partial charge in [0.15, 0.2) is 0 Å². The maximum absolute atomic E-state index is 13.4. The molecule has 1 fully saturated rings. The van der Waals surface area contributed by atoms with E-state index in [1.54, 1.807) is 44.4 Å². The highest BCUT2D eigenvalue weighted by Gasteiger charge is 2.56. The van der Waals surface area contributed by atoms with Crippen molar-refractivity contribution in [2.24, 2.45) is 11.1 Å². The topological polar surface area (TPSA) is 108 Å². The number of ether oxygens (including phenoxy) is 2. The molecule has 0 saturated carbocycles. The Balaban J connectivity index is 1.58. The number of carbonyl (C=O) groups is 2. The second-order valence-electron chi connectivity index (χ2n) is 7.49. The summed E-state index contributed by atoms with van der Waals surface area (Å²) in [6.07, 6.45) is -1.06. The third-order valence-electron chi connectivity index (χ3n) is 5.69. The van der Waals surface area contributed by atoms with Gasteiger partial charge in [-0.15, -0.1) is 0 Å². The lowest BCUT2D eigenvalue weighted by molar-refractivity contribution is -0.126. The van der Waals surface area contributed by atoms with Crippen LogP contribution in [0.1, 0.15) is 11.1 Å². The predicted octanol–water partition coefficient (Wildman–Crippen LogP) is 2.41. The lowest BCUT2D eigenvalue weighted by atomic mass is 9.94. The summed E-state index contributed by atoms with van der Waals surface area (Å²) < 4.78 is 15.8. The number of nitrogens with zero attached hydrogens (tertiary/aromatic N) is 2. The fourth-order valence-electron chi connectivity index (χ4n) is 4.09. The number of anilines is 1. The number of imide groups is 1. The molecule has 0 N–H and O–H groups in total. The van der Waals surface area contributed by atoms with Crippen molar-refractivity contribution in [3.05, 3.63) is 64.0 Å². The van der Waals surface area contributed by atoms with Crippen LogP contribution in [0.4, 0.5) is 5.69 Å². The van der Waals surface area contributed by atoms with E-state index in [1.165, 1.54) is 19.2 Å². The van der Waals surface area contributed by atoms with Crippen molar-refractivity contribution in [2.75, 3.05) is 19.1 Å². The first-order chi connectivity index (χ1) is 15.4. The molecule has 2 aromatic carbocycles. The maximum Gasteiger partial charge on any atom is 0.336 e. The van der Waals surface area contributed by atoms with Gasteiger partial charge < -0.3 is 18.7 Å². The first-order valence-electron chi connectivity index (χ1n) is 9.81. The molecule has 1 aromatic heterocycles. The molecular formula is C23H18N2O7. The predicted molar refractivity (Wildman–Crippen MR) is 114 cm³/mol. The third kappa shape index (κ3) is 2.85. The van der Waals surface area contributed by atoms with Gasteiger partial charge >= 0.3 is 5.63 Å². The molecule has 0 aliphatic carbocycles. The second-order valence-corrected chi connectivity index (χ2v) is 7.49. The number of hydrogen-bond acceptors (Lipinski definition) is 8. The lowest BCUT2D eigenvalue weighted by Crippen LogP contribution is -2.33. The van der Waals surface area contributed by atoms with Crippen LogP contribution in [0.15, 0.2) is 56.8 Å². The summed E-state index contributed by atoms with van der Waals surface area (Å²) in [5.41, 5.74) is 1.73. The van der Waals surface area contributed by atoms with Crippen molar-refractivity contribution in [3.8, 4) is 11.5 Å². The normalized spacial score (nSPS) is 19.7. The van der Waals surface area contributed by atoms with E-state index in [2.05, 4.69) is 5.16 Å². The number of methoxy groups -OCH3 is 2. The van der Waals surface area contributed by atoms with Gasteiger partial charge in [-0.25, -0.2) is 9.69 Å². The van der Waals surface area contributed by atoms with Crippen LogP contribution >= 0.6 is 0 Å². The minimum atomic E-state index is -1.06. The number of carbonyl (C=O) groups excluding carboxylic acids is 2. The van der Waals surface area contributed by atoms with Crippen LogP contribution in [-0.4, -0.2) is 37.8 Å². The van der Waals surface area contributed by atoms with Crippen LogP contribution in [0, 0.1) is 12.8 Å².